The van der Waals surface area contributed by atoms with E-state index >= 15 is 0 Å². The standard InChI is InChI=1S/2C10H10S6.ClHO4/c2*1-5-6(2)14-10-9(13-5)15-8(16-10)7-11-3-4-12-7;2-1(3,4)5/h2*3-6H,1-2H3;(H,2,3,4,5)/q;+1;/p-1/t2*5-,6-;/m11./s1. The summed E-state index contributed by atoms with van der Waals surface area (Å²) in [6.07, 6.45) is 0. The minimum Gasteiger partial charge on any atom is -0.222 e. The number of hydrogen-bond donors (Lipinski definition) is 0. The number of hydrogen-bond acceptors (Lipinski definition) is 15. The van der Waals surface area contributed by atoms with Crippen molar-refractivity contribution in [3.63, 3.8) is 0 Å². The predicted octanol–water partition coefficient (Wildman–Crippen LogP) is 7.03. The fourth-order valence-corrected chi connectivity index (χ4v) is 19.9. The third kappa shape index (κ3) is 9.83. The number of thioether (sulfide) groups is 10. The first kappa shape index (κ1) is 32.6. The molecule has 0 saturated carbocycles. The minimum atomic E-state index is -4.94. The molecule has 0 fully saturated rings. The molecule has 0 aliphatic carbocycles. The Labute approximate surface area is 270 Å². The highest BCUT2D eigenvalue weighted by Gasteiger charge is 2.38. The highest BCUT2D eigenvalue weighted by molar-refractivity contribution is 8.43. The zero-order valence-electron chi connectivity index (χ0n) is 19.5. The summed E-state index contributed by atoms with van der Waals surface area (Å²) in [5.74, 6) is 0. The lowest BCUT2D eigenvalue weighted by molar-refractivity contribution is -2.00. The molecule has 5 aliphatic heterocycles. The van der Waals surface area contributed by atoms with Crippen molar-refractivity contribution in [1.29, 1.82) is 0 Å². The van der Waals surface area contributed by atoms with E-state index < -0.39 is 10.2 Å². The van der Waals surface area contributed by atoms with Crippen molar-refractivity contribution in [2.24, 2.45) is 0 Å². The molecule has 4 nitrogen and oxygen atoms in total. The van der Waals surface area contributed by atoms with E-state index in [-0.39, 0.29) is 0 Å². The second-order valence-electron chi connectivity index (χ2n) is 7.39. The van der Waals surface area contributed by atoms with Crippen LogP contribution < -0.4 is 18.6 Å². The molecule has 1 aromatic rings. The number of halogens is 1. The van der Waals surface area contributed by atoms with Crippen LogP contribution >= 0.6 is 140 Å². The van der Waals surface area contributed by atoms with Gasteiger partial charge in [0.15, 0.2) is 4.58 Å². The quantitative estimate of drug-likeness (QED) is 0.276. The fourth-order valence-electron chi connectivity index (χ4n) is 2.67. The minimum absolute atomic E-state index is 0.739. The van der Waals surface area contributed by atoms with Crippen LogP contribution in [0.3, 0.4) is 0 Å². The molecule has 17 heteroatoms. The number of rotatable bonds is 1. The third-order valence-corrected chi connectivity index (χ3v) is 22.4. The lowest BCUT2D eigenvalue weighted by Crippen LogP contribution is -2.68. The zero-order valence-corrected chi connectivity index (χ0v) is 30.1. The molecule has 0 amide bonds. The van der Waals surface area contributed by atoms with Gasteiger partial charge in [0.1, 0.15) is 22.7 Å². The van der Waals surface area contributed by atoms with E-state index in [1.165, 1.54) is 34.1 Å². The van der Waals surface area contributed by atoms with Crippen molar-refractivity contribution in [2.45, 2.75) is 57.1 Å². The highest BCUT2D eigenvalue weighted by Crippen LogP contribution is 2.65. The molecule has 5 aliphatic rings. The van der Waals surface area contributed by atoms with Gasteiger partial charge in [-0.25, -0.2) is 18.6 Å². The van der Waals surface area contributed by atoms with E-state index in [4.69, 9.17) is 18.6 Å². The maximum Gasteiger partial charge on any atom is 0.286 e. The second-order valence-corrected chi connectivity index (χ2v) is 23.5. The Bertz CT molecular complexity index is 1020. The Balaban J connectivity index is 0.000000147. The summed E-state index contributed by atoms with van der Waals surface area (Å²) in [5.41, 5.74) is 0. The van der Waals surface area contributed by atoms with Crippen LogP contribution in [0.25, 0.3) is 0 Å². The molecule has 37 heavy (non-hydrogen) atoms. The molecular weight excluding hydrogens is 724 g/mol. The normalized spacial score (nSPS) is 29.1. The van der Waals surface area contributed by atoms with Crippen LogP contribution in [0.15, 0.2) is 47.0 Å². The lowest BCUT2D eigenvalue weighted by atomic mass is 10.4. The zero-order chi connectivity index (χ0) is 26.7. The first-order chi connectivity index (χ1) is 17.5. The van der Waals surface area contributed by atoms with E-state index in [0.717, 1.165) is 21.0 Å². The van der Waals surface area contributed by atoms with Gasteiger partial charge in [0.2, 0.25) is 8.42 Å². The molecule has 6 heterocycles. The Hall–Kier alpha value is 2.64. The van der Waals surface area contributed by atoms with Crippen LogP contribution in [-0.4, -0.2) is 21.0 Å². The molecule has 6 rings (SSSR count). The van der Waals surface area contributed by atoms with Crippen molar-refractivity contribution in [3.8, 4) is 0 Å². The Morgan fingerprint density at radius 3 is 1.62 bits per heavy atom. The SMILES string of the molecule is C[C@H]1SC2=C(SC(=C3SC=CS3)S2)S[C@@H]1C.C[C@H]1Sc2sc([C]3SC=CS3)[s+]c2S[C@@H]1C.[O-][Cl+3]([O-])([O-])[O-]. The van der Waals surface area contributed by atoms with Crippen molar-refractivity contribution >= 4 is 140 Å². The van der Waals surface area contributed by atoms with Crippen LogP contribution in [0.4, 0.5) is 0 Å². The third-order valence-electron chi connectivity index (χ3n) is 4.71. The summed E-state index contributed by atoms with van der Waals surface area (Å²) >= 11 is 23.6. The van der Waals surface area contributed by atoms with Gasteiger partial charge in [-0.3, -0.25) is 0 Å². The largest absolute Gasteiger partial charge is 0.286 e. The first-order valence-corrected chi connectivity index (χ1v) is 21.9. The predicted molar refractivity (Wildman–Crippen MR) is 172 cm³/mol. The molecule has 0 spiro atoms. The molecular formula is C20H20ClO4S12. The van der Waals surface area contributed by atoms with Crippen molar-refractivity contribution < 1.29 is 28.9 Å². The van der Waals surface area contributed by atoms with Crippen molar-refractivity contribution in [2.75, 3.05) is 0 Å². The fraction of sp³-hybridized carbons (Fsp3) is 0.400. The molecule has 203 valence electrons. The van der Waals surface area contributed by atoms with E-state index in [1.807, 2.05) is 93.2 Å². The van der Waals surface area contributed by atoms with E-state index in [0.29, 0.717) is 0 Å². The van der Waals surface area contributed by atoms with Gasteiger partial charge in [-0.1, -0.05) is 98.3 Å². The topological polar surface area (TPSA) is 92.2 Å². The van der Waals surface area contributed by atoms with Gasteiger partial charge >= 0.3 is 0 Å². The number of fused-ring (bicyclic) bond motifs is 1. The van der Waals surface area contributed by atoms with Gasteiger partial charge in [-0.05, 0) is 21.6 Å². The van der Waals surface area contributed by atoms with Gasteiger partial charge in [0.25, 0.3) is 4.19 Å². The van der Waals surface area contributed by atoms with Crippen LogP contribution in [-0.2, 0) is 0 Å². The highest BCUT2D eigenvalue weighted by atomic mass is 35.7. The van der Waals surface area contributed by atoms with Gasteiger partial charge in [-0.2, -0.15) is 0 Å². The average Bonchev–Trinajstić information content (AvgIpc) is 3.60. The molecule has 0 unspecified atom stereocenters. The molecule has 0 saturated heterocycles. The molecule has 0 aromatic carbocycles. The van der Waals surface area contributed by atoms with Crippen LogP contribution in [0.5, 0.6) is 0 Å². The summed E-state index contributed by atoms with van der Waals surface area (Å²) in [7, 11) is -4.94. The Morgan fingerprint density at radius 2 is 1.08 bits per heavy atom. The van der Waals surface area contributed by atoms with Gasteiger partial charge in [0, 0.05) is 21.0 Å². The molecule has 1 aromatic heterocycles. The van der Waals surface area contributed by atoms with Gasteiger partial charge in [-0.15, -0.1) is 57.3 Å². The maximum atomic E-state index is 8.49. The second kappa shape index (κ2) is 14.9. The smallest absolute Gasteiger partial charge is 0.222 e. The molecule has 1 radical (unpaired) electrons. The van der Waals surface area contributed by atoms with Crippen molar-refractivity contribution in [3.05, 3.63) is 47.4 Å². The molecule has 0 N–H and O–H groups in total. The first-order valence-electron chi connectivity index (χ1n) is 10.4. The van der Waals surface area contributed by atoms with Gasteiger partial charge in [0.05, 0.1) is 16.9 Å². The summed E-state index contributed by atoms with van der Waals surface area (Å²) in [6, 6.07) is 0. The Kier molecular flexibility index (Phi) is 13.1. The maximum absolute atomic E-state index is 8.49. The molecule has 4 atom stereocenters. The monoisotopic (exact) mass is 743 g/mol. The summed E-state index contributed by atoms with van der Waals surface area (Å²) in [4.78, 5) is 0. The summed E-state index contributed by atoms with van der Waals surface area (Å²) in [6.45, 7) is 9.35. The summed E-state index contributed by atoms with van der Waals surface area (Å²) in [5, 5.41) is 11.7. The van der Waals surface area contributed by atoms with E-state index in [2.05, 4.69) is 96.4 Å². The average molecular weight is 745 g/mol. The molecule has 0 bridgehead atoms. The van der Waals surface area contributed by atoms with Crippen LogP contribution in [0, 0.1) is 14.8 Å². The van der Waals surface area contributed by atoms with Crippen molar-refractivity contribution in [1.82, 2.24) is 0 Å². The van der Waals surface area contributed by atoms with Crippen LogP contribution in [0.1, 0.15) is 31.9 Å². The van der Waals surface area contributed by atoms with E-state index in [9.17, 15) is 0 Å². The van der Waals surface area contributed by atoms with Gasteiger partial charge < -0.3 is 0 Å². The summed E-state index contributed by atoms with van der Waals surface area (Å²) < 4.78 is 46.0. The van der Waals surface area contributed by atoms with Crippen LogP contribution in [0.2, 0.25) is 0 Å². The Morgan fingerprint density at radius 1 is 0.622 bits per heavy atom. The van der Waals surface area contributed by atoms with E-state index in [1.54, 1.807) is 0 Å². The lowest BCUT2D eigenvalue weighted by Gasteiger charge is -2.24.